The minimum atomic E-state index is -0.428. The third-order valence-electron chi connectivity index (χ3n) is 0.705. The molecule has 4 nitrogen and oxygen atoms in total. The van der Waals surface area contributed by atoms with E-state index >= 15 is 0 Å². The van der Waals surface area contributed by atoms with Crippen LogP contribution in [0.1, 0.15) is 20.8 Å². The van der Waals surface area contributed by atoms with Gasteiger partial charge in [0.05, 0.1) is 0 Å². The molecule has 0 heterocycles. The second-order valence-corrected chi connectivity index (χ2v) is 3.18. The normalized spacial score (nSPS) is 7.93. The molecule has 14 heavy (non-hydrogen) atoms. The Morgan fingerprint density at radius 2 is 1.71 bits per heavy atom. The molecule has 1 amide bonds. The largest absolute Gasteiger partial charge is 2.00 e. The molecule has 0 bridgehead atoms. The van der Waals surface area contributed by atoms with Gasteiger partial charge in [-0.15, -0.1) is 0 Å². The predicted octanol–water partition coefficient (Wildman–Crippen LogP) is 1.36. The number of nitrogens with zero attached hydrogens (tertiary/aromatic N) is 2. The van der Waals surface area contributed by atoms with Gasteiger partial charge in [-0.05, 0) is 27.8 Å². The average Bonchev–Trinajstić information content (AvgIpc) is 1.88. The molecule has 0 fully saturated rings. The fraction of sp³-hybridized carbons (Fsp3) is 0.625. The minimum absolute atomic E-state index is 0. The van der Waals surface area contributed by atoms with E-state index in [9.17, 15) is 4.79 Å². The van der Waals surface area contributed by atoms with Gasteiger partial charge in [0.25, 0.3) is 0 Å². The fourth-order valence-corrected chi connectivity index (χ4v) is 0.340. The summed E-state index contributed by atoms with van der Waals surface area (Å²) in [6.45, 7) is 10.2. The van der Waals surface area contributed by atoms with Crippen molar-refractivity contribution in [3.8, 4) is 0 Å². The molecule has 0 aliphatic rings. The van der Waals surface area contributed by atoms with E-state index in [1.54, 1.807) is 7.05 Å². The Morgan fingerprint density at radius 1 is 1.43 bits per heavy atom. The van der Waals surface area contributed by atoms with Crippen LogP contribution in [-0.4, -0.2) is 42.5 Å². The van der Waals surface area contributed by atoms with Crippen LogP contribution in [0.25, 0.3) is 0 Å². The van der Waals surface area contributed by atoms with Gasteiger partial charge in [0.2, 0.25) is 0 Å². The summed E-state index contributed by atoms with van der Waals surface area (Å²) in [6, 6.07) is 0. The Bertz CT molecular complexity index is 166. The molecular weight excluding hydrogens is 227 g/mol. The van der Waals surface area contributed by atoms with E-state index < -0.39 is 11.7 Å². The monoisotopic (exact) mass is 240 g/mol. The summed E-state index contributed by atoms with van der Waals surface area (Å²) in [5.41, 5.74) is -0.428. The zero-order chi connectivity index (χ0) is 10.4. The summed E-state index contributed by atoms with van der Waals surface area (Å²) in [7, 11) is 4.93. The van der Waals surface area contributed by atoms with E-state index in [4.69, 9.17) is 16.6 Å². The SMILES string of the molecule is [C-]#N.[CH2-]N(C)C(=O)OC(C)(C)C.[Cu+2].[Li]. The van der Waals surface area contributed by atoms with Gasteiger partial charge in [-0.25, -0.2) is 11.8 Å². The molecule has 0 aliphatic heterocycles. The number of hydrogen-bond donors (Lipinski definition) is 0. The quantitative estimate of drug-likeness (QED) is 0.475. The van der Waals surface area contributed by atoms with Crippen molar-refractivity contribution in [1.29, 1.82) is 5.26 Å². The number of amides is 1. The van der Waals surface area contributed by atoms with Crippen molar-refractivity contribution >= 4 is 25.0 Å². The molecule has 0 atom stereocenters. The number of hydrogen-bond acceptors (Lipinski definition) is 3. The molecule has 0 saturated heterocycles. The number of rotatable bonds is 0. The van der Waals surface area contributed by atoms with Gasteiger partial charge >= 0.3 is 23.2 Å². The van der Waals surface area contributed by atoms with Gasteiger partial charge in [0.1, 0.15) is 5.60 Å². The Hall–Kier alpha value is -0.123. The van der Waals surface area contributed by atoms with Gasteiger partial charge in [0, 0.05) is 18.9 Å². The van der Waals surface area contributed by atoms with Gasteiger partial charge < -0.3 is 21.5 Å². The minimum Gasteiger partial charge on any atom is -0.512 e. The zero-order valence-electron chi connectivity index (χ0n) is 9.22. The van der Waals surface area contributed by atoms with E-state index in [0.717, 1.165) is 4.90 Å². The van der Waals surface area contributed by atoms with Crippen LogP contribution in [-0.2, 0) is 21.8 Å². The molecule has 0 unspecified atom stereocenters. The first-order chi connectivity index (χ1) is 5.33. The summed E-state index contributed by atoms with van der Waals surface area (Å²) < 4.78 is 4.92. The number of ether oxygens (including phenoxy) is 1. The van der Waals surface area contributed by atoms with Crippen LogP contribution in [0.4, 0.5) is 4.79 Å². The number of carbonyl (C=O) groups is 1. The van der Waals surface area contributed by atoms with Crippen LogP contribution >= 0.6 is 0 Å². The molecule has 0 aliphatic carbocycles. The van der Waals surface area contributed by atoms with E-state index in [1.165, 1.54) is 0 Å². The summed E-state index contributed by atoms with van der Waals surface area (Å²) in [4.78, 5) is 12.0. The molecule has 6 heteroatoms. The zero-order valence-corrected chi connectivity index (χ0v) is 10.2. The van der Waals surface area contributed by atoms with Crippen molar-refractivity contribution in [2.75, 3.05) is 7.05 Å². The summed E-state index contributed by atoms with van der Waals surface area (Å²) in [5, 5.41) is 6.25. The van der Waals surface area contributed by atoms with Gasteiger partial charge in [0.15, 0.2) is 0 Å². The molecule has 80 valence electrons. The Balaban J connectivity index is -0.000000117. The third-order valence-corrected chi connectivity index (χ3v) is 0.705. The molecule has 0 spiro atoms. The molecule has 0 aromatic heterocycles. The second kappa shape index (κ2) is 11.0. The molecule has 0 saturated carbocycles. The van der Waals surface area contributed by atoms with Crippen LogP contribution in [0, 0.1) is 18.9 Å². The van der Waals surface area contributed by atoms with Crippen LogP contribution < -0.4 is 0 Å². The van der Waals surface area contributed by atoms with Crippen molar-refractivity contribution in [2.45, 2.75) is 26.4 Å². The van der Waals surface area contributed by atoms with Crippen molar-refractivity contribution in [3.63, 3.8) is 0 Å². The van der Waals surface area contributed by atoms with Crippen LogP contribution in [0.15, 0.2) is 0 Å². The van der Waals surface area contributed by atoms with Crippen molar-refractivity contribution in [2.24, 2.45) is 0 Å². The first kappa shape index (κ1) is 23.6. The Labute approximate surface area is 109 Å². The Kier molecular flexibility index (Phi) is 18.5. The topological polar surface area (TPSA) is 53.3 Å². The van der Waals surface area contributed by atoms with E-state index in [0.29, 0.717) is 0 Å². The molecule has 0 N–H and O–H groups in total. The summed E-state index contributed by atoms with van der Waals surface area (Å²) in [5.74, 6) is 0. The van der Waals surface area contributed by atoms with Crippen molar-refractivity contribution in [1.82, 2.24) is 4.90 Å². The molecule has 2 radical (unpaired) electrons. The maximum absolute atomic E-state index is 10.8. The van der Waals surface area contributed by atoms with Crippen molar-refractivity contribution < 1.29 is 26.6 Å². The van der Waals surface area contributed by atoms with Crippen LogP contribution in [0.3, 0.4) is 0 Å². The van der Waals surface area contributed by atoms with Gasteiger partial charge in [-0.2, -0.15) is 0 Å². The second-order valence-electron chi connectivity index (χ2n) is 3.18. The van der Waals surface area contributed by atoms with Crippen molar-refractivity contribution in [3.05, 3.63) is 13.6 Å². The average molecular weight is 241 g/mol. The maximum atomic E-state index is 10.8. The first-order valence-electron chi connectivity index (χ1n) is 3.32. The predicted molar refractivity (Wildman–Crippen MR) is 50.1 cm³/mol. The van der Waals surface area contributed by atoms with E-state index in [2.05, 4.69) is 7.05 Å². The Morgan fingerprint density at radius 3 is 1.79 bits per heavy atom. The van der Waals surface area contributed by atoms with E-state index in [1.807, 2.05) is 20.8 Å². The fourth-order valence-electron chi connectivity index (χ4n) is 0.340. The standard InChI is InChI=1S/C7H14NO2.CN.Cu.Li/c1-7(2,3)10-6(9)8(4)5;1-2;;/h4H2,1-3,5H3;;;/q2*-1;+2;. The molecular formula is C8H14CuLiN2O2. The van der Waals surface area contributed by atoms with Crippen LogP contribution in [0.2, 0.25) is 0 Å². The smallest absolute Gasteiger partial charge is 0.512 e. The first-order valence-corrected chi connectivity index (χ1v) is 3.32. The summed E-state index contributed by atoms with van der Waals surface area (Å²) in [6.07, 6.45) is -0.410. The maximum Gasteiger partial charge on any atom is 2.00 e. The molecule has 0 aromatic rings. The molecule has 0 aromatic carbocycles. The van der Waals surface area contributed by atoms with E-state index in [-0.39, 0.29) is 35.9 Å². The summed E-state index contributed by atoms with van der Waals surface area (Å²) >= 11 is 0. The van der Waals surface area contributed by atoms with Gasteiger partial charge in [-0.1, -0.05) is 0 Å². The third kappa shape index (κ3) is 17.8. The number of carbonyl (C=O) groups excluding carboxylic acids is 1. The van der Waals surface area contributed by atoms with Crippen LogP contribution in [0.5, 0.6) is 0 Å². The molecule has 0 rings (SSSR count). The van der Waals surface area contributed by atoms with Gasteiger partial charge in [-0.3, -0.25) is 0 Å².